The van der Waals surface area contributed by atoms with Crippen LogP contribution in [0.4, 0.5) is 13.2 Å². The van der Waals surface area contributed by atoms with Crippen molar-refractivity contribution in [3.8, 4) is 34.3 Å². The molecule has 0 saturated heterocycles. The summed E-state index contributed by atoms with van der Waals surface area (Å²) in [7, 11) is 0. The summed E-state index contributed by atoms with van der Waals surface area (Å²) in [6, 6.07) is 9.40. The number of H-pyrrole nitrogens is 1. The van der Waals surface area contributed by atoms with Gasteiger partial charge in [0.15, 0.2) is 5.69 Å². The zero-order valence-electron chi connectivity index (χ0n) is 14.5. The molecule has 1 aliphatic carbocycles. The van der Waals surface area contributed by atoms with E-state index in [2.05, 4.69) is 20.4 Å². The molecule has 4 rings (SSSR count). The summed E-state index contributed by atoms with van der Waals surface area (Å²) in [5.41, 5.74) is 1.19. The number of ether oxygens (including phenoxy) is 1. The second-order valence-electron chi connectivity index (χ2n) is 6.58. The third-order valence-corrected chi connectivity index (χ3v) is 4.41. The topological polar surface area (TPSA) is 87.5 Å². The molecule has 0 bridgehead atoms. The normalized spacial score (nSPS) is 13.9. The number of nitrogens with zero attached hydrogens (tertiary/aromatic N) is 4. The fraction of sp³-hybridized carbons (Fsp3) is 0.263. The highest BCUT2D eigenvalue weighted by atomic mass is 19.4. The van der Waals surface area contributed by atoms with E-state index in [9.17, 15) is 18.4 Å². The summed E-state index contributed by atoms with van der Waals surface area (Å²) in [6.07, 6.45) is -1.42. The first-order chi connectivity index (χ1) is 13.4. The van der Waals surface area contributed by atoms with E-state index >= 15 is 0 Å². The molecule has 0 aliphatic heterocycles. The minimum atomic E-state index is -4.45. The number of rotatable bonds is 5. The molecule has 2 heterocycles. The zero-order chi connectivity index (χ0) is 19.7. The van der Waals surface area contributed by atoms with Gasteiger partial charge in [-0.2, -0.15) is 18.4 Å². The Labute approximate surface area is 158 Å². The molecule has 3 aromatic rings. The Balaban J connectivity index is 1.74. The highest BCUT2D eigenvalue weighted by Gasteiger charge is 2.30. The molecule has 1 fully saturated rings. The molecule has 0 radical (unpaired) electrons. The van der Waals surface area contributed by atoms with E-state index in [-0.39, 0.29) is 5.69 Å². The van der Waals surface area contributed by atoms with Crippen LogP contribution in [0.25, 0.3) is 22.5 Å². The van der Waals surface area contributed by atoms with Crippen LogP contribution in [0.15, 0.2) is 36.5 Å². The fourth-order valence-electron chi connectivity index (χ4n) is 2.71. The van der Waals surface area contributed by atoms with Crippen molar-refractivity contribution in [1.29, 1.82) is 5.26 Å². The van der Waals surface area contributed by atoms with Gasteiger partial charge in [0.1, 0.15) is 17.5 Å². The molecular weight excluding hydrogens is 371 g/mol. The number of benzene rings is 1. The molecule has 28 heavy (non-hydrogen) atoms. The van der Waals surface area contributed by atoms with Crippen LogP contribution in [0.2, 0.25) is 0 Å². The third kappa shape index (κ3) is 3.81. The Hall–Kier alpha value is -3.41. The van der Waals surface area contributed by atoms with Crippen LogP contribution in [-0.2, 0) is 6.18 Å². The summed E-state index contributed by atoms with van der Waals surface area (Å²) in [5, 5.41) is 19.3. The lowest BCUT2D eigenvalue weighted by molar-refractivity contribution is -0.137. The molecule has 0 spiro atoms. The third-order valence-electron chi connectivity index (χ3n) is 4.41. The largest absolute Gasteiger partial charge is 0.493 e. The summed E-state index contributed by atoms with van der Waals surface area (Å²) >= 11 is 0. The first-order valence-electron chi connectivity index (χ1n) is 8.57. The lowest BCUT2D eigenvalue weighted by Gasteiger charge is -2.11. The Morgan fingerprint density at radius 3 is 2.61 bits per heavy atom. The Morgan fingerprint density at radius 1 is 1.18 bits per heavy atom. The molecule has 2 aromatic heterocycles. The van der Waals surface area contributed by atoms with E-state index in [1.807, 2.05) is 6.07 Å². The Kier molecular flexibility index (Phi) is 4.47. The first kappa shape index (κ1) is 18.0. The van der Waals surface area contributed by atoms with E-state index in [4.69, 9.17) is 4.74 Å². The van der Waals surface area contributed by atoms with Crippen LogP contribution in [-0.4, -0.2) is 27.0 Å². The van der Waals surface area contributed by atoms with Gasteiger partial charge >= 0.3 is 6.18 Å². The van der Waals surface area contributed by atoms with Crippen molar-refractivity contribution in [3.63, 3.8) is 0 Å². The van der Waals surface area contributed by atoms with Crippen LogP contribution >= 0.6 is 0 Å². The van der Waals surface area contributed by atoms with Gasteiger partial charge in [-0.1, -0.05) is 5.21 Å². The van der Waals surface area contributed by atoms with Crippen molar-refractivity contribution < 1.29 is 17.9 Å². The molecule has 0 unspecified atom stereocenters. The number of nitrogens with one attached hydrogen (secondary N) is 1. The lowest BCUT2D eigenvalue weighted by atomic mass is 10.0. The molecule has 9 heteroatoms. The van der Waals surface area contributed by atoms with Crippen molar-refractivity contribution in [3.05, 3.63) is 47.8 Å². The summed E-state index contributed by atoms with van der Waals surface area (Å²) in [4.78, 5) is 3.94. The van der Waals surface area contributed by atoms with Crippen LogP contribution in [0, 0.1) is 17.2 Å². The molecule has 1 N–H and O–H groups in total. The van der Waals surface area contributed by atoms with E-state index in [1.54, 1.807) is 18.2 Å². The molecule has 6 nitrogen and oxygen atoms in total. The highest BCUT2D eigenvalue weighted by molar-refractivity contribution is 5.74. The molecular formula is C19H14F3N5O. The number of aromatic amines is 1. The molecule has 142 valence electrons. The van der Waals surface area contributed by atoms with E-state index in [0.29, 0.717) is 40.8 Å². The Bertz CT molecular complexity index is 1030. The second-order valence-corrected chi connectivity index (χ2v) is 6.58. The van der Waals surface area contributed by atoms with Crippen molar-refractivity contribution in [2.24, 2.45) is 5.92 Å². The average molecular weight is 385 g/mol. The van der Waals surface area contributed by atoms with Crippen molar-refractivity contribution >= 4 is 0 Å². The van der Waals surface area contributed by atoms with E-state index in [1.165, 1.54) is 6.07 Å². The van der Waals surface area contributed by atoms with Crippen LogP contribution in [0.5, 0.6) is 5.75 Å². The number of hydrogen-bond donors (Lipinski definition) is 1. The number of pyridine rings is 1. The molecule has 0 amide bonds. The minimum Gasteiger partial charge on any atom is -0.493 e. The predicted octanol–water partition coefficient (Wildman–Crippen LogP) is 4.21. The van der Waals surface area contributed by atoms with E-state index < -0.39 is 11.7 Å². The van der Waals surface area contributed by atoms with E-state index in [0.717, 1.165) is 25.1 Å². The monoisotopic (exact) mass is 385 g/mol. The van der Waals surface area contributed by atoms with Gasteiger partial charge < -0.3 is 4.74 Å². The SMILES string of the molecule is N#Cc1[nH]nnc1-c1cc(OCC2CC2)cc(-c2ccc(C(F)(F)F)cn2)c1. The molecule has 1 saturated carbocycles. The van der Waals surface area contributed by atoms with Gasteiger partial charge in [-0.05, 0) is 49.1 Å². The lowest BCUT2D eigenvalue weighted by Crippen LogP contribution is -2.05. The maximum Gasteiger partial charge on any atom is 0.417 e. The van der Waals surface area contributed by atoms with Gasteiger partial charge in [0, 0.05) is 17.3 Å². The van der Waals surface area contributed by atoms with Crippen LogP contribution in [0.1, 0.15) is 24.1 Å². The standard InChI is InChI=1S/C19H14F3N5O/c20-19(21,22)14-3-4-16(24-9-14)12-5-13(18-17(8-23)25-27-26-18)7-15(6-12)28-10-11-1-2-11/h3-7,9,11H,1-2,10H2,(H,25,26,27). The van der Waals surface area contributed by atoms with Gasteiger partial charge in [0.25, 0.3) is 0 Å². The maximum atomic E-state index is 12.8. The summed E-state index contributed by atoms with van der Waals surface area (Å²) < 4.78 is 44.2. The zero-order valence-corrected chi connectivity index (χ0v) is 14.5. The van der Waals surface area contributed by atoms with Crippen LogP contribution < -0.4 is 4.74 Å². The quantitative estimate of drug-likeness (QED) is 0.711. The van der Waals surface area contributed by atoms with Crippen molar-refractivity contribution in [2.45, 2.75) is 19.0 Å². The van der Waals surface area contributed by atoms with Gasteiger partial charge in [-0.3, -0.25) is 4.98 Å². The van der Waals surface area contributed by atoms with Gasteiger partial charge in [0.05, 0.1) is 17.9 Å². The highest BCUT2D eigenvalue weighted by Crippen LogP contribution is 2.35. The fourth-order valence-corrected chi connectivity index (χ4v) is 2.71. The van der Waals surface area contributed by atoms with Gasteiger partial charge in [-0.25, -0.2) is 5.10 Å². The van der Waals surface area contributed by atoms with Crippen LogP contribution in [0.3, 0.4) is 0 Å². The number of halogens is 3. The van der Waals surface area contributed by atoms with Gasteiger partial charge in [0.2, 0.25) is 0 Å². The summed E-state index contributed by atoms with van der Waals surface area (Å²) in [5.74, 6) is 1.06. The number of alkyl halides is 3. The second kappa shape index (κ2) is 6.96. The molecule has 0 atom stereocenters. The van der Waals surface area contributed by atoms with Crippen molar-refractivity contribution in [2.75, 3.05) is 6.61 Å². The Morgan fingerprint density at radius 2 is 1.96 bits per heavy atom. The smallest absolute Gasteiger partial charge is 0.417 e. The maximum absolute atomic E-state index is 12.8. The number of nitriles is 1. The first-order valence-corrected chi connectivity index (χ1v) is 8.57. The number of hydrogen-bond acceptors (Lipinski definition) is 5. The molecule has 1 aliphatic rings. The summed E-state index contributed by atoms with van der Waals surface area (Å²) in [6.45, 7) is 0.563. The minimum absolute atomic E-state index is 0.186. The molecule has 1 aromatic carbocycles. The average Bonchev–Trinajstić information content (AvgIpc) is 3.40. The predicted molar refractivity (Wildman–Crippen MR) is 93.0 cm³/mol. The van der Waals surface area contributed by atoms with Crippen molar-refractivity contribution in [1.82, 2.24) is 20.4 Å². The van der Waals surface area contributed by atoms with Gasteiger partial charge in [-0.15, -0.1) is 5.10 Å². The number of aromatic nitrogens is 4.